The Morgan fingerprint density at radius 2 is 2.18 bits per heavy atom. The second kappa shape index (κ2) is 6.57. The van der Waals surface area contributed by atoms with E-state index in [1.165, 1.54) is 12.1 Å². The number of halogens is 2. The Morgan fingerprint density at radius 3 is 2.76 bits per heavy atom. The van der Waals surface area contributed by atoms with Crippen LogP contribution in [0.4, 0.5) is 4.39 Å². The van der Waals surface area contributed by atoms with Gasteiger partial charge in [-0.3, -0.25) is 4.79 Å². The van der Waals surface area contributed by atoms with Gasteiger partial charge in [0.25, 0.3) is 0 Å². The zero-order valence-corrected chi connectivity index (χ0v) is 10.6. The molecule has 1 rings (SSSR count). The van der Waals surface area contributed by atoms with Crippen molar-refractivity contribution in [3.63, 3.8) is 0 Å². The summed E-state index contributed by atoms with van der Waals surface area (Å²) in [7, 11) is 0. The van der Waals surface area contributed by atoms with Crippen molar-refractivity contribution in [1.82, 2.24) is 10.6 Å². The Kier molecular flexibility index (Phi) is 5.38. The number of hydrogen-bond donors (Lipinski definition) is 2. The number of carbonyl (C=O) groups excluding carboxylic acids is 1. The molecule has 5 heteroatoms. The van der Waals surface area contributed by atoms with E-state index >= 15 is 0 Å². The standard InChI is InChI=1S/C12H16ClFN2O/c1-8(2)16-12(17)7-15-6-9-3-4-10(13)11(14)5-9/h3-5,8,15H,6-7H2,1-2H3,(H,16,17). The van der Waals surface area contributed by atoms with Gasteiger partial charge in [0.15, 0.2) is 0 Å². The van der Waals surface area contributed by atoms with E-state index in [1.807, 2.05) is 13.8 Å². The van der Waals surface area contributed by atoms with Crippen LogP contribution in [0.3, 0.4) is 0 Å². The highest BCUT2D eigenvalue weighted by molar-refractivity contribution is 6.30. The van der Waals surface area contributed by atoms with E-state index in [4.69, 9.17) is 11.6 Å². The largest absolute Gasteiger partial charge is 0.353 e. The van der Waals surface area contributed by atoms with Crippen LogP contribution in [-0.4, -0.2) is 18.5 Å². The molecule has 0 atom stereocenters. The van der Waals surface area contributed by atoms with Gasteiger partial charge >= 0.3 is 0 Å². The Bertz CT molecular complexity index is 396. The van der Waals surface area contributed by atoms with Crippen molar-refractivity contribution in [1.29, 1.82) is 0 Å². The molecule has 0 unspecified atom stereocenters. The maximum atomic E-state index is 13.1. The van der Waals surface area contributed by atoms with Crippen molar-refractivity contribution < 1.29 is 9.18 Å². The molecular weight excluding hydrogens is 243 g/mol. The molecule has 17 heavy (non-hydrogen) atoms. The van der Waals surface area contributed by atoms with Gasteiger partial charge < -0.3 is 10.6 Å². The molecule has 0 aliphatic rings. The van der Waals surface area contributed by atoms with Gasteiger partial charge in [0, 0.05) is 12.6 Å². The lowest BCUT2D eigenvalue weighted by Gasteiger charge is -2.09. The highest BCUT2D eigenvalue weighted by atomic mass is 35.5. The van der Waals surface area contributed by atoms with Gasteiger partial charge in [0.05, 0.1) is 11.6 Å². The number of carbonyl (C=O) groups is 1. The number of amides is 1. The molecule has 0 aliphatic heterocycles. The highest BCUT2D eigenvalue weighted by Crippen LogP contribution is 2.15. The van der Waals surface area contributed by atoms with Crippen LogP contribution < -0.4 is 10.6 Å². The van der Waals surface area contributed by atoms with Crippen molar-refractivity contribution in [2.45, 2.75) is 26.4 Å². The first kappa shape index (κ1) is 13.9. The molecule has 0 spiro atoms. The third-order valence-electron chi connectivity index (χ3n) is 2.05. The minimum atomic E-state index is -0.447. The van der Waals surface area contributed by atoms with Crippen LogP contribution in [0.2, 0.25) is 5.02 Å². The predicted octanol–water partition coefficient (Wildman–Crippen LogP) is 2.09. The first-order chi connectivity index (χ1) is 7.99. The zero-order valence-electron chi connectivity index (χ0n) is 9.89. The van der Waals surface area contributed by atoms with E-state index in [0.29, 0.717) is 6.54 Å². The van der Waals surface area contributed by atoms with Gasteiger partial charge in [0.2, 0.25) is 5.91 Å². The van der Waals surface area contributed by atoms with Crippen LogP contribution in [0.15, 0.2) is 18.2 Å². The molecule has 0 aliphatic carbocycles. The average Bonchev–Trinajstić information content (AvgIpc) is 2.22. The van der Waals surface area contributed by atoms with Crippen molar-refractivity contribution >= 4 is 17.5 Å². The molecular formula is C12H16ClFN2O. The molecule has 0 bridgehead atoms. The fraction of sp³-hybridized carbons (Fsp3) is 0.417. The van der Waals surface area contributed by atoms with E-state index in [0.717, 1.165) is 5.56 Å². The Morgan fingerprint density at radius 1 is 1.47 bits per heavy atom. The third-order valence-corrected chi connectivity index (χ3v) is 2.35. The number of benzene rings is 1. The summed E-state index contributed by atoms with van der Waals surface area (Å²) in [4.78, 5) is 11.3. The maximum Gasteiger partial charge on any atom is 0.234 e. The first-order valence-electron chi connectivity index (χ1n) is 5.43. The molecule has 0 fully saturated rings. The summed E-state index contributed by atoms with van der Waals surface area (Å²) in [5.41, 5.74) is 0.754. The minimum absolute atomic E-state index is 0.0746. The third kappa shape index (κ3) is 5.15. The van der Waals surface area contributed by atoms with Crippen LogP contribution in [0.5, 0.6) is 0 Å². The van der Waals surface area contributed by atoms with Crippen LogP contribution in [-0.2, 0) is 11.3 Å². The molecule has 3 nitrogen and oxygen atoms in total. The SMILES string of the molecule is CC(C)NC(=O)CNCc1ccc(Cl)c(F)c1. The van der Waals surface area contributed by atoms with Crippen LogP contribution in [0, 0.1) is 5.82 Å². The topological polar surface area (TPSA) is 41.1 Å². The van der Waals surface area contributed by atoms with Crippen molar-refractivity contribution in [3.8, 4) is 0 Å². The van der Waals surface area contributed by atoms with E-state index in [1.54, 1.807) is 6.07 Å². The Balaban J connectivity index is 2.36. The Hall–Kier alpha value is -1.13. The second-order valence-corrected chi connectivity index (χ2v) is 4.48. The molecule has 1 aromatic carbocycles. The Labute approximate surface area is 105 Å². The molecule has 0 aromatic heterocycles. The monoisotopic (exact) mass is 258 g/mol. The number of nitrogens with one attached hydrogen (secondary N) is 2. The van der Waals surface area contributed by atoms with E-state index in [9.17, 15) is 9.18 Å². The first-order valence-corrected chi connectivity index (χ1v) is 5.81. The van der Waals surface area contributed by atoms with Gasteiger partial charge in [-0.05, 0) is 31.5 Å². The van der Waals surface area contributed by atoms with E-state index in [2.05, 4.69) is 10.6 Å². The highest BCUT2D eigenvalue weighted by Gasteiger charge is 2.04. The summed E-state index contributed by atoms with van der Waals surface area (Å²) in [6.45, 7) is 4.43. The van der Waals surface area contributed by atoms with Crippen molar-refractivity contribution in [2.75, 3.05) is 6.54 Å². The molecule has 0 heterocycles. The van der Waals surface area contributed by atoms with Gasteiger partial charge in [0.1, 0.15) is 5.82 Å². The number of hydrogen-bond acceptors (Lipinski definition) is 2. The number of rotatable bonds is 5. The summed E-state index contributed by atoms with van der Waals surface area (Å²) in [6.07, 6.45) is 0. The summed E-state index contributed by atoms with van der Waals surface area (Å²) in [5, 5.41) is 5.79. The van der Waals surface area contributed by atoms with Crippen LogP contribution in [0.1, 0.15) is 19.4 Å². The van der Waals surface area contributed by atoms with Crippen LogP contribution in [0.25, 0.3) is 0 Å². The van der Waals surface area contributed by atoms with Gasteiger partial charge in [-0.25, -0.2) is 4.39 Å². The summed E-state index contributed by atoms with van der Waals surface area (Å²) in [5.74, 6) is -0.521. The molecule has 1 aromatic rings. The van der Waals surface area contributed by atoms with E-state index in [-0.39, 0.29) is 23.5 Å². The maximum absolute atomic E-state index is 13.1. The fourth-order valence-electron chi connectivity index (χ4n) is 1.34. The summed E-state index contributed by atoms with van der Waals surface area (Å²) >= 11 is 5.56. The normalized spacial score (nSPS) is 10.6. The van der Waals surface area contributed by atoms with Crippen LogP contribution >= 0.6 is 11.6 Å². The second-order valence-electron chi connectivity index (χ2n) is 4.07. The predicted molar refractivity (Wildman–Crippen MR) is 66.4 cm³/mol. The lowest BCUT2D eigenvalue weighted by molar-refractivity contribution is -0.120. The van der Waals surface area contributed by atoms with Gasteiger partial charge in [-0.2, -0.15) is 0 Å². The zero-order chi connectivity index (χ0) is 12.8. The van der Waals surface area contributed by atoms with Crippen molar-refractivity contribution in [3.05, 3.63) is 34.6 Å². The fourth-order valence-corrected chi connectivity index (χ4v) is 1.46. The van der Waals surface area contributed by atoms with E-state index < -0.39 is 5.82 Å². The summed E-state index contributed by atoms with van der Waals surface area (Å²) < 4.78 is 13.1. The molecule has 94 valence electrons. The lowest BCUT2D eigenvalue weighted by Crippen LogP contribution is -2.37. The smallest absolute Gasteiger partial charge is 0.234 e. The molecule has 0 radical (unpaired) electrons. The molecule has 0 saturated heterocycles. The van der Waals surface area contributed by atoms with Crippen molar-refractivity contribution in [2.24, 2.45) is 0 Å². The summed E-state index contributed by atoms with van der Waals surface area (Å²) in [6, 6.07) is 4.70. The molecule has 0 saturated carbocycles. The average molecular weight is 259 g/mol. The molecule has 1 amide bonds. The van der Waals surface area contributed by atoms with Gasteiger partial charge in [-0.15, -0.1) is 0 Å². The van der Waals surface area contributed by atoms with Gasteiger partial charge in [-0.1, -0.05) is 17.7 Å². The molecule has 2 N–H and O–H groups in total. The lowest BCUT2D eigenvalue weighted by atomic mass is 10.2. The quantitative estimate of drug-likeness (QED) is 0.849. The minimum Gasteiger partial charge on any atom is -0.353 e.